The van der Waals surface area contributed by atoms with Gasteiger partial charge in [-0.05, 0) is 42.7 Å². The minimum Gasteiger partial charge on any atom is -0.504 e. The van der Waals surface area contributed by atoms with E-state index >= 15 is 0 Å². The number of morpholine rings is 1. The SMILES string of the molecule is NC(=O)c1nc(NC(=O)NC2CCCC2)nc(-c2ccc(C#Cc3ccc(CN4CCOCC4)cc3)cc2)c1O. The molecule has 40 heavy (non-hydrogen) atoms. The van der Waals surface area contributed by atoms with E-state index in [0.717, 1.165) is 69.7 Å². The summed E-state index contributed by atoms with van der Waals surface area (Å²) in [5, 5.41) is 16.1. The highest BCUT2D eigenvalue weighted by atomic mass is 16.5. The molecular weight excluding hydrogens is 508 g/mol. The second-order valence-electron chi connectivity index (χ2n) is 9.95. The lowest BCUT2D eigenvalue weighted by molar-refractivity contribution is 0.0342. The number of hydrogen-bond acceptors (Lipinski definition) is 7. The molecule has 5 rings (SSSR count). The molecule has 1 saturated heterocycles. The molecule has 1 aliphatic heterocycles. The number of hydrogen-bond donors (Lipinski definition) is 4. The number of amides is 3. The van der Waals surface area contributed by atoms with Gasteiger partial charge in [-0.2, -0.15) is 0 Å². The second-order valence-corrected chi connectivity index (χ2v) is 9.95. The molecule has 2 heterocycles. The molecule has 10 nitrogen and oxygen atoms in total. The zero-order chi connectivity index (χ0) is 27.9. The molecule has 10 heteroatoms. The largest absolute Gasteiger partial charge is 0.504 e. The normalized spacial score (nSPS) is 15.7. The minimum absolute atomic E-state index is 0.0790. The highest BCUT2D eigenvalue weighted by molar-refractivity contribution is 5.97. The van der Waals surface area contributed by atoms with Crippen LogP contribution < -0.4 is 16.4 Å². The highest BCUT2D eigenvalue weighted by Gasteiger charge is 2.22. The third-order valence-corrected chi connectivity index (χ3v) is 7.01. The topological polar surface area (TPSA) is 143 Å². The van der Waals surface area contributed by atoms with Crippen molar-refractivity contribution in [1.82, 2.24) is 20.2 Å². The highest BCUT2D eigenvalue weighted by Crippen LogP contribution is 2.31. The molecule has 0 atom stereocenters. The van der Waals surface area contributed by atoms with E-state index in [0.29, 0.717) is 5.56 Å². The monoisotopic (exact) mass is 540 g/mol. The summed E-state index contributed by atoms with van der Waals surface area (Å²) in [6, 6.07) is 14.9. The molecule has 2 aromatic carbocycles. The van der Waals surface area contributed by atoms with Gasteiger partial charge in [-0.25, -0.2) is 14.8 Å². The van der Waals surface area contributed by atoms with Gasteiger partial charge in [0.25, 0.3) is 5.91 Å². The van der Waals surface area contributed by atoms with E-state index < -0.39 is 17.7 Å². The molecule has 3 amide bonds. The summed E-state index contributed by atoms with van der Waals surface area (Å²) in [6.45, 7) is 4.35. The van der Waals surface area contributed by atoms with Gasteiger partial charge in [-0.3, -0.25) is 15.0 Å². The van der Waals surface area contributed by atoms with Crippen LogP contribution in [0.25, 0.3) is 11.3 Å². The van der Waals surface area contributed by atoms with Gasteiger partial charge in [-0.15, -0.1) is 0 Å². The summed E-state index contributed by atoms with van der Waals surface area (Å²) >= 11 is 0. The summed E-state index contributed by atoms with van der Waals surface area (Å²) in [5.41, 5.74) is 8.55. The Labute approximate surface area is 233 Å². The number of aromatic hydroxyl groups is 1. The fourth-order valence-corrected chi connectivity index (χ4v) is 4.84. The van der Waals surface area contributed by atoms with E-state index in [9.17, 15) is 14.7 Å². The van der Waals surface area contributed by atoms with Crippen molar-refractivity contribution in [2.24, 2.45) is 5.73 Å². The Hall–Kier alpha value is -4.46. The molecule has 0 unspecified atom stereocenters. The molecule has 1 aliphatic carbocycles. The number of nitrogens with one attached hydrogen (secondary N) is 2. The lowest BCUT2D eigenvalue weighted by Gasteiger charge is -2.26. The van der Waals surface area contributed by atoms with E-state index in [-0.39, 0.29) is 23.4 Å². The number of carbonyl (C=O) groups is 2. The number of ether oxygens (including phenoxy) is 1. The Morgan fingerprint density at radius 1 is 0.975 bits per heavy atom. The first-order valence-corrected chi connectivity index (χ1v) is 13.4. The van der Waals surface area contributed by atoms with Gasteiger partial charge in [0.2, 0.25) is 5.95 Å². The van der Waals surface area contributed by atoms with Gasteiger partial charge >= 0.3 is 6.03 Å². The summed E-state index contributed by atoms with van der Waals surface area (Å²) < 4.78 is 5.41. The summed E-state index contributed by atoms with van der Waals surface area (Å²) in [7, 11) is 0. The van der Waals surface area contributed by atoms with Crippen molar-refractivity contribution in [3.8, 4) is 28.8 Å². The molecule has 0 radical (unpaired) electrons. The number of primary amides is 1. The van der Waals surface area contributed by atoms with Crippen LogP contribution >= 0.6 is 0 Å². The number of rotatable bonds is 6. The first-order chi connectivity index (χ1) is 19.4. The van der Waals surface area contributed by atoms with Gasteiger partial charge in [0.15, 0.2) is 11.4 Å². The molecule has 1 saturated carbocycles. The van der Waals surface area contributed by atoms with E-state index in [2.05, 4.69) is 49.5 Å². The van der Waals surface area contributed by atoms with Crippen LogP contribution in [-0.2, 0) is 11.3 Å². The maximum absolute atomic E-state index is 12.4. The molecule has 5 N–H and O–H groups in total. The van der Waals surface area contributed by atoms with Crippen LogP contribution in [0.2, 0.25) is 0 Å². The van der Waals surface area contributed by atoms with Crippen molar-refractivity contribution >= 4 is 17.9 Å². The lowest BCUT2D eigenvalue weighted by Crippen LogP contribution is -2.36. The average molecular weight is 541 g/mol. The number of anilines is 1. The van der Waals surface area contributed by atoms with Crippen LogP contribution in [0.3, 0.4) is 0 Å². The van der Waals surface area contributed by atoms with Gasteiger partial charge in [0.1, 0.15) is 5.69 Å². The van der Waals surface area contributed by atoms with Crippen LogP contribution in [0.5, 0.6) is 5.75 Å². The third-order valence-electron chi connectivity index (χ3n) is 7.01. The third kappa shape index (κ3) is 6.94. The fourth-order valence-electron chi connectivity index (χ4n) is 4.84. The van der Waals surface area contributed by atoms with Crippen molar-refractivity contribution in [1.29, 1.82) is 0 Å². The van der Waals surface area contributed by atoms with Crippen LogP contribution in [0, 0.1) is 11.8 Å². The van der Waals surface area contributed by atoms with E-state index in [1.54, 1.807) is 24.3 Å². The van der Waals surface area contributed by atoms with E-state index in [1.165, 1.54) is 5.56 Å². The summed E-state index contributed by atoms with van der Waals surface area (Å²) in [5.74, 6) is 4.81. The fraction of sp³-hybridized carbons (Fsp3) is 0.333. The van der Waals surface area contributed by atoms with Gasteiger partial charge in [0, 0.05) is 42.4 Å². The number of nitrogens with zero attached hydrogens (tertiary/aromatic N) is 3. The van der Waals surface area contributed by atoms with Crippen LogP contribution in [0.1, 0.15) is 52.9 Å². The second kappa shape index (κ2) is 12.6. The van der Waals surface area contributed by atoms with Gasteiger partial charge in [-0.1, -0.05) is 48.9 Å². The van der Waals surface area contributed by atoms with Crippen LogP contribution in [0.15, 0.2) is 48.5 Å². The predicted molar refractivity (Wildman–Crippen MR) is 151 cm³/mol. The Balaban J connectivity index is 1.28. The number of aromatic nitrogens is 2. The number of carbonyl (C=O) groups excluding carboxylic acids is 2. The summed E-state index contributed by atoms with van der Waals surface area (Å²) in [6.07, 6.45) is 3.96. The molecule has 2 fully saturated rings. The van der Waals surface area contributed by atoms with E-state index in [1.807, 2.05) is 12.1 Å². The van der Waals surface area contributed by atoms with Crippen molar-refractivity contribution < 1.29 is 19.4 Å². The number of nitrogens with two attached hydrogens (primary N) is 1. The standard InChI is InChI=1S/C30H32N6O4/c31-28(38)26-27(37)25(33-29(34-26)35-30(39)32-24-3-1-2-4-24)23-13-11-21(12-14-23)6-5-20-7-9-22(10-8-20)19-36-15-17-40-18-16-36/h7-14,24,37H,1-4,15-19H2,(H2,31,38)(H2,32,33,34,35,39). The van der Waals surface area contributed by atoms with E-state index in [4.69, 9.17) is 10.5 Å². The minimum atomic E-state index is -0.932. The first kappa shape index (κ1) is 27.1. The quantitative estimate of drug-likeness (QED) is 0.352. The lowest BCUT2D eigenvalue weighted by atomic mass is 10.1. The molecule has 3 aromatic rings. The zero-order valence-electron chi connectivity index (χ0n) is 22.2. The van der Waals surface area contributed by atoms with Crippen molar-refractivity contribution in [3.05, 3.63) is 70.9 Å². The van der Waals surface area contributed by atoms with Crippen LogP contribution in [0.4, 0.5) is 10.7 Å². The predicted octanol–water partition coefficient (Wildman–Crippen LogP) is 3.24. The number of benzene rings is 2. The molecular formula is C30H32N6O4. The smallest absolute Gasteiger partial charge is 0.321 e. The Morgan fingerprint density at radius 3 is 2.23 bits per heavy atom. The molecule has 0 spiro atoms. The van der Waals surface area contributed by atoms with Gasteiger partial charge in [0.05, 0.1) is 13.2 Å². The Kier molecular flexibility index (Phi) is 8.54. The average Bonchev–Trinajstić information content (AvgIpc) is 3.47. The van der Waals surface area contributed by atoms with Crippen molar-refractivity contribution in [2.45, 2.75) is 38.3 Å². The maximum Gasteiger partial charge on any atom is 0.321 e. The zero-order valence-corrected chi connectivity index (χ0v) is 22.2. The van der Waals surface area contributed by atoms with Crippen molar-refractivity contribution in [2.75, 3.05) is 31.6 Å². The van der Waals surface area contributed by atoms with Gasteiger partial charge < -0.3 is 20.9 Å². The molecule has 1 aromatic heterocycles. The molecule has 0 bridgehead atoms. The van der Waals surface area contributed by atoms with Crippen molar-refractivity contribution in [3.63, 3.8) is 0 Å². The number of urea groups is 1. The maximum atomic E-state index is 12.4. The summed E-state index contributed by atoms with van der Waals surface area (Å²) in [4.78, 5) is 35.0. The first-order valence-electron chi connectivity index (χ1n) is 13.4. The van der Waals surface area contributed by atoms with Crippen LogP contribution in [-0.4, -0.2) is 64.3 Å². The molecule has 206 valence electrons. The molecule has 2 aliphatic rings. The Bertz CT molecular complexity index is 1420. The Morgan fingerprint density at radius 2 is 1.60 bits per heavy atom.